The highest BCUT2D eigenvalue weighted by Gasteiger charge is 2.14. The average molecular weight is 224 g/mol. The third kappa shape index (κ3) is 3.08. The monoisotopic (exact) mass is 224 g/mol. The topological polar surface area (TPSA) is 44.1 Å². The summed E-state index contributed by atoms with van der Waals surface area (Å²) in [5.41, 5.74) is 1.48. The summed E-state index contributed by atoms with van der Waals surface area (Å²) in [5, 5.41) is 4.21. The van der Waals surface area contributed by atoms with Crippen molar-refractivity contribution in [3.63, 3.8) is 0 Å². The van der Waals surface area contributed by atoms with Crippen LogP contribution in [0.1, 0.15) is 49.2 Å². The van der Waals surface area contributed by atoms with Crippen molar-refractivity contribution in [2.45, 2.75) is 46.6 Å². The highest BCUT2D eigenvalue weighted by atomic mass is 16.5. The van der Waals surface area contributed by atoms with E-state index in [2.05, 4.69) is 12.0 Å². The van der Waals surface area contributed by atoms with Gasteiger partial charge >= 0.3 is 5.97 Å². The lowest BCUT2D eigenvalue weighted by molar-refractivity contribution is 0.0525. The summed E-state index contributed by atoms with van der Waals surface area (Å²) in [4.78, 5) is 11.5. The molecule has 0 unspecified atom stereocenters. The van der Waals surface area contributed by atoms with Crippen molar-refractivity contribution in [2.75, 3.05) is 6.61 Å². The summed E-state index contributed by atoms with van der Waals surface area (Å²) in [6.45, 7) is 7.16. The van der Waals surface area contributed by atoms with Gasteiger partial charge in [-0.05, 0) is 20.3 Å². The maximum absolute atomic E-state index is 11.5. The Kier molecular flexibility index (Phi) is 5.02. The molecule has 1 aromatic rings. The number of ether oxygens (including phenoxy) is 1. The van der Waals surface area contributed by atoms with E-state index in [9.17, 15) is 4.79 Å². The number of hydrogen-bond acceptors (Lipinski definition) is 3. The molecule has 1 rings (SSSR count). The van der Waals surface area contributed by atoms with Crippen molar-refractivity contribution in [3.8, 4) is 0 Å². The number of carbonyl (C=O) groups excluding carboxylic acids is 1. The Morgan fingerprint density at radius 3 is 2.81 bits per heavy atom. The molecule has 16 heavy (non-hydrogen) atoms. The average Bonchev–Trinajstić information content (AvgIpc) is 2.61. The van der Waals surface area contributed by atoms with E-state index >= 15 is 0 Å². The Balaban J connectivity index is 2.64. The van der Waals surface area contributed by atoms with Gasteiger partial charge in [-0.1, -0.05) is 19.8 Å². The number of unbranched alkanes of at least 4 members (excludes halogenated alkanes) is 2. The standard InChI is InChI=1S/C12H20N2O2/c1-4-6-7-8-14-10(3)11(9-13-14)12(15)16-5-2/h9H,4-8H2,1-3H3. The van der Waals surface area contributed by atoms with Crippen LogP contribution in [0.4, 0.5) is 0 Å². The number of rotatable bonds is 6. The smallest absolute Gasteiger partial charge is 0.341 e. The van der Waals surface area contributed by atoms with Crippen LogP contribution in [0.15, 0.2) is 6.20 Å². The molecule has 0 spiro atoms. The summed E-state index contributed by atoms with van der Waals surface area (Å²) < 4.78 is 6.83. The van der Waals surface area contributed by atoms with Crippen LogP contribution in [0.25, 0.3) is 0 Å². The predicted molar refractivity (Wildman–Crippen MR) is 62.4 cm³/mol. The van der Waals surface area contributed by atoms with Gasteiger partial charge in [0, 0.05) is 12.2 Å². The maximum Gasteiger partial charge on any atom is 0.341 e. The van der Waals surface area contributed by atoms with Gasteiger partial charge in [-0.25, -0.2) is 4.79 Å². The third-order valence-corrected chi connectivity index (χ3v) is 2.57. The lowest BCUT2D eigenvalue weighted by atomic mass is 10.2. The van der Waals surface area contributed by atoms with Gasteiger partial charge in [0.2, 0.25) is 0 Å². The molecule has 0 atom stereocenters. The quantitative estimate of drug-likeness (QED) is 0.551. The van der Waals surface area contributed by atoms with E-state index in [-0.39, 0.29) is 5.97 Å². The minimum absolute atomic E-state index is 0.276. The van der Waals surface area contributed by atoms with Crippen molar-refractivity contribution in [2.24, 2.45) is 0 Å². The van der Waals surface area contributed by atoms with E-state index in [1.165, 1.54) is 12.8 Å². The first kappa shape index (κ1) is 12.7. The number of aromatic nitrogens is 2. The molecular formula is C12H20N2O2. The van der Waals surface area contributed by atoms with E-state index in [1.807, 2.05) is 11.6 Å². The second-order valence-corrected chi connectivity index (χ2v) is 3.79. The van der Waals surface area contributed by atoms with Crippen molar-refractivity contribution in [3.05, 3.63) is 17.5 Å². The van der Waals surface area contributed by atoms with Crippen molar-refractivity contribution < 1.29 is 9.53 Å². The second-order valence-electron chi connectivity index (χ2n) is 3.79. The Labute approximate surface area is 96.6 Å². The Bertz CT molecular complexity index is 345. The van der Waals surface area contributed by atoms with Gasteiger partial charge in [-0.3, -0.25) is 4.68 Å². The minimum Gasteiger partial charge on any atom is -0.462 e. The first-order chi connectivity index (χ1) is 7.70. The lowest BCUT2D eigenvalue weighted by Gasteiger charge is -2.04. The maximum atomic E-state index is 11.5. The van der Waals surface area contributed by atoms with Gasteiger partial charge in [-0.2, -0.15) is 5.10 Å². The molecular weight excluding hydrogens is 204 g/mol. The molecule has 0 aromatic carbocycles. The molecule has 0 radical (unpaired) electrons. The number of carbonyl (C=O) groups is 1. The van der Waals surface area contributed by atoms with E-state index in [1.54, 1.807) is 13.1 Å². The Hall–Kier alpha value is -1.32. The van der Waals surface area contributed by atoms with Crippen LogP contribution in [0.2, 0.25) is 0 Å². The normalized spacial score (nSPS) is 10.4. The fraction of sp³-hybridized carbons (Fsp3) is 0.667. The van der Waals surface area contributed by atoms with E-state index in [0.29, 0.717) is 12.2 Å². The molecule has 1 heterocycles. The van der Waals surface area contributed by atoms with Gasteiger partial charge in [0.25, 0.3) is 0 Å². The van der Waals surface area contributed by atoms with Crippen molar-refractivity contribution in [1.29, 1.82) is 0 Å². The van der Waals surface area contributed by atoms with Gasteiger partial charge in [0.1, 0.15) is 5.56 Å². The predicted octanol–water partition coefficient (Wildman–Crippen LogP) is 2.56. The van der Waals surface area contributed by atoms with E-state index in [0.717, 1.165) is 18.7 Å². The molecule has 0 aliphatic rings. The molecule has 0 amide bonds. The summed E-state index contributed by atoms with van der Waals surface area (Å²) in [7, 11) is 0. The number of aryl methyl sites for hydroxylation is 1. The Morgan fingerprint density at radius 1 is 1.44 bits per heavy atom. The molecule has 0 saturated heterocycles. The molecule has 0 aliphatic heterocycles. The fourth-order valence-electron chi connectivity index (χ4n) is 1.59. The number of esters is 1. The largest absolute Gasteiger partial charge is 0.462 e. The molecule has 4 nitrogen and oxygen atoms in total. The number of nitrogens with zero attached hydrogens (tertiary/aromatic N) is 2. The van der Waals surface area contributed by atoms with Gasteiger partial charge in [0.05, 0.1) is 12.8 Å². The van der Waals surface area contributed by atoms with Crippen LogP contribution in [-0.2, 0) is 11.3 Å². The minimum atomic E-state index is -0.276. The van der Waals surface area contributed by atoms with E-state index < -0.39 is 0 Å². The zero-order chi connectivity index (χ0) is 12.0. The van der Waals surface area contributed by atoms with Gasteiger partial charge < -0.3 is 4.74 Å². The first-order valence-electron chi connectivity index (χ1n) is 5.90. The zero-order valence-electron chi connectivity index (χ0n) is 10.3. The number of hydrogen-bond donors (Lipinski definition) is 0. The van der Waals surface area contributed by atoms with Gasteiger partial charge in [-0.15, -0.1) is 0 Å². The van der Waals surface area contributed by atoms with Crippen LogP contribution in [0.5, 0.6) is 0 Å². The van der Waals surface area contributed by atoms with Crippen LogP contribution in [-0.4, -0.2) is 22.4 Å². The lowest BCUT2D eigenvalue weighted by Crippen LogP contribution is -2.08. The highest BCUT2D eigenvalue weighted by molar-refractivity contribution is 5.90. The highest BCUT2D eigenvalue weighted by Crippen LogP contribution is 2.10. The summed E-state index contributed by atoms with van der Waals surface area (Å²) in [6, 6.07) is 0. The Morgan fingerprint density at radius 2 is 2.19 bits per heavy atom. The molecule has 0 fully saturated rings. The van der Waals surface area contributed by atoms with Crippen LogP contribution < -0.4 is 0 Å². The molecule has 1 aromatic heterocycles. The fourth-order valence-corrected chi connectivity index (χ4v) is 1.59. The van der Waals surface area contributed by atoms with Crippen LogP contribution >= 0.6 is 0 Å². The van der Waals surface area contributed by atoms with Gasteiger partial charge in [0.15, 0.2) is 0 Å². The molecule has 0 bridgehead atoms. The SMILES string of the molecule is CCCCCn1ncc(C(=O)OCC)c1C. The van der Waals surface area contributed by atoms with Crippen LogP contribution in [0, 0.1) is 6.92 Å². The first-order valence-corrected chi connectivity index (χ1v) is 5.90. The molecule has 0 aliphatic carbocycles. The van der Waals surface area contributed by atoms with Crippen molar-refractivity contribution >= 4 is 5.97 Å². The van der Waals surface area contributed by atoms with Crippen LogP contribution in [0.3, 0.4) is 0 Å². The summed E-state index contributed by atoms with van der Waals surface area (Å²) in [6.07, 6.45) is 5.07. The second kappa shape index (κ2) is 6.30. The molecule has 0 N–H and O–H groups in total. The van der Waals surface area contributed by atoms with Crippen molar-refractivity contribution in [1.82, 2.24) is 9.78 Å². The molecule has 0 saturated carbocycles. The third-order valence-electron chi connectivity index (χ3n) is 2.57. The van der Waals surface area contributed by atoms with E-state index in [4.69, 9.17) is 4.74 Å². The molecule has 4 heteroatoms. The summed E-state index contributed by atoms with van der Waals surface area (Å²) >= 11 is 0. The zero-order valence-corrected chi connectivity index (χ0v) is 10.3. The summed E-state index contributed by atoms with van der Waals surface area (Å²) in [5.74, 6) is -0.276. The molecule has 90 valence electrons.